The maximum absolute atomic E-state index is 5.73. The number of anilines is 1. The Balaban J connectivity index is 0.00000363. The lowest BCUT2D eigenvalue weighted by Crippen LogP contribution is -2.46. The molecule has 2 saturated heterocycles. The first-order valence-corrected chi connectivity index (χ1v) is 11.9. The molecule has 0 bridgehead atoms. The van der Waals surface area contributed by atoms with Gasteiger partial charge in [-0.15, -0.1) is 24.0 Å². The SMILES string of the molecule is CCNC(=NCCCN1CCN(c2ccccc2)CC1)N1CCC(COCCOC)C1.I. The number of piperazine rings is 1. The molecule has 0 aliphatic carbocycles. The van der Waals surface area contributed by atoms with Gasteiger partial charge in [0.1, 0.15) is 0 Å². The van der Waals surface area contributed by atoms with E-state index in [9.17, 15) is 0 Å². The van der Waals surface area contributed by atoms with Crippen molar-refractivity contribution in [1.29, 1.82) is 0 Å². The molecule has 0 aromatic heterocycles. The van der Waals surface area contributed by atoms with Crippen LogP contribution in [0.2, 0.25) is 0 Å². The van der Waals surface area contributed by atoms with E-state index in [1.165, 1.54) is 12.1 Å². The summed E-state index contributed by atoms with van der Waals surface area (Å²) in [7, 11) is 1.71. The second-order valence-electron chi connectivity index (χ2n) is 8.42. The van der Waals surface area contributed by atoms with E-state index in [4.69, 9.17) is 14.5 Å². The molecule has 1 aromatic rings. The van der Waals surface area contributed by atoms with Gasteiger partial charge in [-0.05, 0) is 31.9 Å². The minimum Gasteiger partial charge on any atom is -0.382 e. The van der Waals surface area contributed by atoms with Crippen LogP contribution in [0.3, 0.4) is 0 Å². The highest BCUT2D eigenvalue weighted by molar-refractivity contribution is 14.0. The van der Waals surface area contributed by atoms with Gasteiger partial charge >= 0.3 is 0 Å². The number of nitrogens with one attached hydrogen (secondary N) is 1. The molecule has 0 amide bonds. The van der Waals surface area contributed by atoms with Gasteiger partial charge in [0.2, 0.25) is 0 Å². The second-order valence-corrected chi connectivity index (χ2v) is 8.42. The molecule has 0 saturated carbocycles. The third-order valence-electron chi connectivity index (χ3n) is 6.09. The average molecular weight is 560 g/mol. The summed E-state index contributed by atoms with van der Waals surface area (Å²) in [5, 5.41) is 3.48. The highest BCUT2D eigenvalue weighted by Crippen LogP contribution is 2.17. The molecule has 3 rings (SSSR count). The molecular weight excluding hydrogens is 517 g/mol. The van der Waals surface area contributed by atoms with Crippen molar-refractivity contribution in [3.8, 4) is 0 Å². The number of rotatable bonds is 11. The Kier molecular flexibility index (Phi) is 13.3. The van der Waals surface area contributed by atoms with E-state index in [1.54, 1.807) is 7.11 Å². The molecule has 0 spiro atoms. The fourth-order valence-electron chi connectivity index (χ4n) is 4.33. The fraction of sp³-hybridized carbons (Fsp3) is 0.708. The van der Waals surface area contributed by atoms with Gasteiger partial charge in [-0.1, -0.05) is 18.2 Å². The van der Waals surface area contributed by atoms with Crippen molar-refractivity contribution >= 4 is 35.6 Å². The van der Waals surface area contributed by atoms with Crippen molar-refractivity contribution < 1.29 is 9.47 Å². The van der Waals surface area contributed by atoms with Crippen LogP contribution in [0.25, 0.3) is 0 Å². The van der Waals surface area contributed by atoms with Gasteiger partial charge in [0.25, 0.3) is 0 Å². The number of para-hydroxylation sites is 1. The molecule has 1 N–H and O–H groups in total. The van der Waals surface area contributed by atoms with Crippen LogP contribution < -0.4 is 10.2 Å². The minimum atomic E-state index is 0. The number of halogens is 1. The zero-order valence-electron chi connectivity index (χ0n) is 19.9. The molecule has 32 heavy (non-hydrogen) atoms. The number of hydrogen-bond acceptors (Lipinski definition) is 5. The third-order valence-corrected chi connectivity index (χ3v) is 6.09. The molecule has 1 atom stereocenters. The van der Waals surface area contributed by atoms with Crippen molar-refractivity contribution in [2.24, 2.45) is 10.9 Å². The van der Waals surface area contributed by atoms with Gasteiger partial charge in [-0.25, -0.2) is 0 Å². The monoisotopic (exact) mass is 559 g/mol. The van der Waals surface area contributed by atoms with Gasteiger partial charge < -0.3 is 24.6 Å². The highest BCUT2D eigenvalue weighted by atomic mass is 127. The minimum absolute atomic E-state index is 0. The molecule has 1 aromatic carbocycles. The summed E-state index contributed by atoms with van der Waals surface area (Å²) >= 11 is 0. The first-order valence-electron chi connectivity index (χ1n) is 11.9. The molecule has 7 nitrogen and oxygen atoms in total. The van der Waals surface area contributed by atoms with Gasteiger partial charge in [-0.2, -0.15) is 0 Å². The van der Waals surface area contributed by atoms with Crippen molar-refractivity contribution in [2.75, 3.05) is 90.7 Å². The Bertz CT molecular complexity index is 641. The Labute approximate surface area is 211 Å². The summed E-state index contributed by atoms with van der Waals surface area (Å²) in [6, 6.07) is 10.8. The molecule has 0 radical (unpaired) electrons. The van der Waals surface area contributed by atoms with Gasteiger partial charge in [-0.3, -0.25) is 9.89 Å². The van der Waals surface area contributed by atoms with E-state index < -0.39 is 0 Å². The second kappa shape index (κ2) is 15.7. The topological polar surface area (TPSA) is 52.6 Å². The van der Waals surface area contributed by atoms with Crippen molar-refractivity contribution in [1.82, 2.24) is 15.1 Å². The van der Waals surface area contributed by atoms with E-state index in [0.29, 0.717) is 19.1 Å². The maximum atomic E-state index is 5.73. The Morgan fingerprint density at radius 3 is 2.59 bits per heavy atom. The predicted molar refractivity (Wildman–Crippen MR) is 143 cm³/mol. The number of nitrogens with zero attached hydrogens (tertiary/aromatic N) is 4. The van der Waals surface area contributed by atoms with Crippen LogP contribution in [-0.2, 0) is 9.47 Å². The van der Waals surface area contributed by atoms with Gasteiger partial charge in [0, 0.05) is 77.6 Å². The highest BCUT2D eigenvalue weighted by Gasteiger charge is 2.25. The zero-order chi connectivity index (χ0) is 21.7. The average Bonchev–Trinajstić information content (AvgIpc) is 3.29. The van der Waals surface area contributed by atoms with Crippen LogP contribution in [0.1, 0.15) is 19.8 Å². The lowest BCUT2D eigenvalue weighted by atomic mass is 10.1. The molecule has 2 heterocycles. The number of likely N-dealkylation sites (tertiary alicyclic amines) is 1. The van der Waals surface area contributed by atoms with Crippen molar-refractivity contribution in [2.45, 2.75) is 19.8 Å². The summed E-state index contributed by atoms with van der Waals surface area (Å²) in [6.45, 7) is 13.8. The molecule has 182 valence electrons. The van der Waals surface area contributed by atoms with Crippen LogP contribution in [0.5, 0.6) is 0 Å². The Morgan fingerprint density at radius 2 is 1.88 bits per heavy atom. The van der Waals surface area contributed by atoms with E-state index in [2.05, 4.69) is 57.3 Å². The number of guanidine groups is 1. The van der Waals surface area contributed by atoms with E-state index >= 15 is 0 Å². The molecule has 8 heteroatoms. The standard InChI is InChI=1S/C24H41N5O2.HI/c1-3-25-24(29-13-10-22(20-29)21-31-19-18-30-2)26-11-7-12-27-14-16-28(17-15-27)23-8-5-4-6-9-23;/h4-6,8-9,22H,3,7,10-21H2,1-2H3,(H,25,26);1H. The smallest absolute Gasteiger partial charge is 0.193 e. The normalized spacial score (nSPS) is 19.8. The number of ether oxygens (including phenoxy) is 2. The molecule has 2 aliphatic rings. The fourth-order valence-corrected chi connectivity index (χ4v) is 4.33. The van der Waals surface area contributed by atoms with Crippen molar-refractivity contribution in [3.63, 3.8) is 0 Å². The molecule has 1 unspecified atom stereocenters. The van der Waals surface area contributed by atoms with Crippen molar-refractivity contribution in [3.05, 3.63) is 30.3 Å². The van der Waals surface area contributed by atoms with Crippen LogP contribution in [0.4, 0.5) is 5.69 Å². The molecular formula is C24H42IN5O2. The van der Waals surface area contributed by atoms with E-state index in [0.717, 1.165) is 77.9 Å². The zero-order valence-corrected chi connectivity index (χ0v) is 22.2. The Hall–Kier alpha value is -1.10. The maximum Gasteiger partial charge on any atom is 0.193 e. The number of benzene rings is 1. The summed E-state index contributed by atoms with van der Waals surface area (Å²) < 4.78 is 10.8. The third kappa shape index (κ3) is 9.03. The van der Waals surface area contributed by atoms with E-state index in [-0.39, 0.29) is 24.0 Å². The summed E-state index contributed by atoms with van der Waals surface area (Å²) in [6.07, 6.45) is 2.28. The van der Waals surface area contributed by atoms with E-state index in [1.807, 2.05) is 0 Å². The van der Waals surface area contributed by atoms with Crippen LogP contribution >= 0.6 is 24.0 Å². The quantitative estimate of drug-likeness (QED) is 0.195. The number of aliphatic imine (C=N–C) groups is 1. The molecule has 2 aliphatic heterocycles. The van der Waals surface area contributed by atoms with Crippen LogP contribution in [0, 0.1) is 5.92 Å². The summed E-state index contributed by atoms with van der Waals surface area (Å²) in [4.78, 5) is 12.4. The number of hydrogen-bond donors (Lipinski definition) is 1. The summed E-state index contributed by atoms with van der Waals surface area (Å²) in [5.41, 5.74) is 1.34. The predicted octanol–water partition coefficient (Wildman–Crippen LogP) is 2.77. The van der Waals surface area contributed by atoms with Crippen LogP contribution in [-0.4, -0.2) is 102 Å². The molecule has 2 fully saturated rings. The first-order chi connectivity index (χ1) is 15.3. The lowest BCUT2D eigenvalue weighted by molar-refractivity contribution is 0.0536. The number of methoxy groups -OCH3 is 1. The van der Waals surface area contributed by atoms with Gasteiger partial charge in [0.15, 0.2) is 5.96 Å². The lowest BCUT2D eigenvalue weighted by Gasteiger charge is -2.36. The van der Waals surface area contributed by atoms with Gasteiger partial charge in [0.05, 0.1) is 19.8 Å². The largest absolute Gasteiger partial charge is 0.382 e. The summed E-state index contributed by atoms with van der Waals surface area (Å²) in [5.74, 6) is 1.65. The van der Waals surface area contributed by atoms with Crippen LogP contribution in [0.15, 0.2) is 35.3 Å². The first kappa shape index (κ1) is 27.1. The Morgan fingerprint density at radius 1 is 1.09 bits per heavy atom.